The van der Waals surface area contributed by atoms with E-state index in [2.05, 4.69) is 21.8 Å². The van der Waals surface area contributed by atoms with Crippen LogP contribution in [-0.4, -0.2) is 40.4 Å². The molecular weight excluding hydrogens is 466 g/mol. The van der Waals surface area contributed by atoms with Crippen molar-refractivity contribution >= 4 is 23.4 Å². The van der Waals surface area contributed by atoms with Crippen LogP contribution in [0.2, 0.25) is 0 Å². The SMILES string of the molecule is C=CCn1c(SCC(=O)c2c(N)n(Cc3ccccc3)c(=O)n(C)c2=O)nnc1-c1ccncc1. The number of allylic oxidation sites excluding steroid dienone is 1. The lowest BCUT2D eigenvalue weighted by Gasteiger charge is -2.14. The Labute approximate surface area is 204 Å². The fourth-order valence-corrected chi connectivity index (χ4v) is 4.39. The summed E-state index contributed by atoms with van der Waals surface area (Å²) < 4.78 is 3.95. The average Bonchev–Trinajstić information content (AvgIpc) is 3.28. The van der Waals surface area contributed by atoms with E-state index >= 15 is 0 Å². The van der Waals surface area contributed by atoms with Crippen LogP contribution in [-0.2, 0) is 20.1 Å². The summed E-state index contributed by atoms with van der Waals surface area (Å²) >= 11 is 1.13. The van der Waals surface area contributed by atoms with Crippen molar-refractivity contribution in [3.63, 3.8) is 0 Å². The van der Waals surface area contributed by atoms with Crippen LogP contribution in [0.3, 0.4) is 0 Å². The number of nitrogens with zero attached hydrogens (tertiary/aromatic N) is 6. The summed E-state index contributed by atoms with van der Waals surface area (Å²) in [6.45, 7) is 4.34. The van der Waals surface area contributed by atoms with E-state index in [1.165, 1.54) is 11.6 Å². The summed E-state index contributed by atoms with van der Waals surface area (Å²) in [7, 11) is 1.33. The van der Waals surface area contributed by atoms with E-state index < -0.39 is 17.0 Å². The van der Waals surface area contributed by atoms with Crippen molar-refractivity contribution in [2.24, 2.45) is 7.05 Å². The molecule has 10 nitrogen and oxygen atoms in total. The van der Waals surface area contributed by atoms with Crippen molar-refractivity contribution in [3.8, 4) is 11.4 Å². The van der Waals surface area contributed by atoms with Crippen molar-refractivity contribution in [2.45, 2.75) is 18.2 Å². The molecule has 0 atom stereocenters. The molecule has 0 aliphatic rings. The summed E-state index contributed by atoms with van der Waals surface area (Å²) in [5, 5.41) is 8.94. The van der Waals surface area contributed by atoms with E-state index in [9.17, 15) is 14.4 Å². The molecule has 2 N–H and O–H groups in total. The zero-order chi connectivity index (χ0) is 24.9. The summed E-state index contributed by atoms with van der Waals surface area (Å²) in [4.78, 5) is 42.7. The van der Waals surface area contributed by atoms with Gasteiger partial charge in [0.05, 0.1) is 12.3 Å². The van der Waals surface area contributed by atoms with Gasteiger partial charge in [-0.15, -0.1) is 16.8 Å². The number of hydrogen-bond donors (Lipinski definition) is 1. The Morgan fingerprint density at radius 1 is 1.09 bits per heavy atom. The third-order valence-electron chi connectivity index (χ3n) is 5.35. The predicted octanol–water partition coefficient (Wildman–Crippen LogP) is 1.99. The highest BCUT2D eigenvalue weighted by atomic mass is 32.2. The Morgan fingerprint density at radius 2 is 1.80 bits per heavy atom. The molecule has 4 rings (SSSR count). The van der Waals surface area contributed by atoms with E-state index in [1.54, 1.807) is 18.5 Å². The van der Waals surface area contributed by atoms with Gasteiger partial charge in [0.15, 0.2) is 16.8 Å². The Morgan fingerprint density at radius 3 is 2.49 bits per heavy atom. The molecule has 0 unspecified atom stereocenters. The maximum Gasteiger partial charge on any atom is 0.332 e. The molecule has 1 aromatic carbocycles. The number of thioether (sulfide) groups is 1. The number of rotatable bonds is 9. The first-order valence-corrected chi connectivity index (χ1v) is 11.6. The maximum atomic E-state index is 13.2. The highest BCUT2D eigenvalue weighted by Crippen LogP contribution is 2.24. The largest absolute Gasteiger partial charge is 0.384 e. The number of Topliss-reactive ketones (excluding diaryl/α,β-unsaturated/α-hetero) is 1. The van der Waals surface area contributed by atoms with Crippen LogP contribution >= 0.6 is 11.8 Å². The predicted molar refractivity (Wildman–Crippen MR) is 134 cm³/mol. The molecule has 0 fully saturated rings. The van der Waals surface area contributed by atoms with Crippen molar-refractivity contribution in [3.05, 3.63) is 99.5 Å². The molecule has 3 aromatic heterocycles. The number of carbonyl (C=O) groups excluding carboxylic acids is 1. The first-order valence-electron chi connectivity index (χ1n) is 10.7. The molecule has 4 aromatic rings. The Bertz CT molecular complexity index is 1490. The number of benzene rings is 1. The van der Waals surface area contributed by atoms with E-state index in [0.29, 0.717) is 17.5 Å². The van der Waals surface area contributed by atoms with Gasteiger partial charge in [-0.25, -0.2) is 4.79 Å². The monoisotopic (exact) mass is 489 g/mol. The van der Waals surface area contributed by atoms with Crippen molar-refractivity contribution < 1.29 is 4.79 Å². The minimum absolute atomic E-state index is 0.116. The number of nitrogens with two attached hydrogens (primary N) is 1. The molecule has 0 aliphatic carbocycles. The van der Waals surface area contributed by atoms with Crippen LogP contribution < -0.4 is 17.0 Å². The molecule has 0 spiro atoms. The zero-order valence-corrected chi connectivity index (χ0v) is 19.8. The second kappa shape index (κ2) is 10.3. The number of hydrogen-bond acceptors (Lipinski definition) is 8. The summed E-state index contributed by atoms with van der Waals surface area (Å²) in [6, 6.07) is 12.8. The minimum atomic E-state index is -0.729. The van der Waals surface area contributed by atoms with Gasteiger partial charge in [-0.05, 0) is 17.7 Å². The molecule has 3 heterocycles. The van der Waals surface area contributed by atoms with Crippen LogP contribution in [0.5, 0.6) is 0 Å². The van der Waals surface area contributed by atoms with Gasteiger partial charge in [0, 0.05) is 31.5 Å². The molecule has 0 radical (unpaired) electrons. The van der Waals surface area contributed by atoms with Gasteiger partial charge in [0.2, 0.25) is 0 Å². The first kappa shape index (κ1) is 23.9. The Kier molecular flexibility index (Phi) is 7.06. The van der Waals surface area contributed by atoms with Crippen molar-refractivity contribution in [1.29, 1.82) is 0 Å². The molecule has 0 saturated carbocycles. The lowest BCUT2D eigenvalue weighted by molar-refractivity contribution is 0.102. The molecular formula is C24H23N7O3S. The number of ketones is 1. The van der Waals surface area contributed by atoms with Gasteiger partial charge in [-0.3, -0.25) is 28.3 Å². The summed E-state index contributed by atoms with van der Waals surface area (Å²) in [6.07, 6.45) is 5.01. The van der Waals surface area contributed by atoms with Gasteiger partial charge in [0.25, 0.3) is 5.56 Å². The quantitative estimate of drug-likeness (QED) is 0.215. The van der Waals surface area contributed by atoms with Crippen molar-refractivity contribution in [2.75, 3.05) is 11.5 Å². The van der Waals surface area contributed by atoms with Crippen LogP contribution in [0, 0.1) is 0 Å². The number of nitrogen functional groups attached to an aromatic ring is 1. The third kappa shape index (κ3) is 4.85. The highest BCUT2D eigenvalue weighted by Gasteiger charge is 2.23. The molecule has 11 heteroatoms. The lowest BCUT2D eigenvalue weighted by Crippen LogP contribution is -2.43. The van der Waals surface area contributed by atoms with Gasteiger partial charge in [0.1, 0.15) is 11.4 Å². The number of anilines is 1. The normalized spacial score (nSPS) is 10.9. The highest BCUT2D eigenvalue weighted by molar-refractivity contribution is 7.99. The Hall–Kier alpha value is -4.25. The lowest BCUT2D eigenvalue weighted by atomic mass is 10.2. The van der Waals surface area contributed by atoms with E-state index in [0.717, 1.165) is 27.5 Å². The van der Waals surface area contributed by atoms with Crippen molar-refractivity contribution in [1.82, 2.24) is 28.9 Å². The maximum absolute atomic E-state index is 13.2. The fourth-order valence-electron chi connectivity index (χ4n) is 3.57. The molecule has 178 valence electrons. The average molecular weight is 490 g/mol. The Balaban J connectivity index is 1.64. The van der Waals surface area contributed by atoms with Crippen LogP contribution in [0.15, 0.2) is 82.3 Å². The summed E-state index contributed by atoms with van der Waals surface area (Å²) in [5.74, 6) is -0.172. The number of carbonyl (C=O) groups is 1. The second-order valence-corrected chi connectivity index (χ2v) is 8.57. The zero-order valence-electron chi connectivity index (χ0n) is 19.0. The third-order valence-corrected chi connectivity index (χ3v) is 6.31. The second-order valence-electron chi connectivity index (χ2n) is 7.63. The topological polar surface area (TPSA) is 131 Å². The van der Waals surface area contributed by atoms with Gasteiger partial charge in [-0.1, -0.05) is 48.2 Å². The van der Waals surface area contributed by atoms with Crippen LogP contribution in [0.25, 0.3) is 11.4 Å². The standard InChI is InChI=1S/C24H23N7O3S/c1-3-13-30-21(17-9-11-26-12-10-17)27-28-23(30)35-15-18(32)19-20(25)31(24(34)29(2)22(19)33)14-16-7-5-4-6-8-16/h3-12H,1,13-15,25H2,2H3. The molecule has 0 bridgehead atoms. The summed E-state index contributed by atoms with van der Waals surface area (Å²) in [5.41, 5.74) is 6.29. The van der Waals surface area contributed by atoms with Gasteiger partial charge < -0.3 is 5.73 Å². The number of pyridine rings is 1. The molecule has 0 amide bonds. The smallest absolute Gasteiger partial charge is 0.332 e. The molecule has 35 heavy (non-hydrogen) atoms. The van der Waals surface area contributed by atoms with Gasteiger partial charge >= 0.3 is 5.69 Å². The van der Waals surface area contributed by atoms with E-state index in [4.69, 9.17) is 5.73 Å². The first-order chi connectivity index (χ1) is 16.9. The molecule has 0 aliphatic heterocycles. The minimum Gasteiger partial charge on any atom is -0.384 e. The number of aromatic nitrogens is 6. The van der Waals surface area contributed by atoms with E-state index in [1.807, 2.05) is 47.0 Å². The van der Waals surface area contributed by atoms with Crippen LogP contribution in [0.4, 0.5) is 5.82 Å². The van der Waals surface area contributed by atoms with E-state index in [-0.39, 0.29) is 23.7 Å². The molecule has 0 saturated heterocycles. The van der Waals surface area contributed by atoms with Gasteiger partial charge in [-0.2, -0.15) is 0 Å². The fraction of sp³-hybridized carbons (Fsp3) is 0.167. The van der Waals surface area contributed by atoms with Crippen LogP contribution in [0.1, 0.15) is 15.9 Å².